The molecular formula is C24H20F3NO2S. The zero-order valence-corrected chi connectivity index (χ0v) is 17.6. The van der Waals surface area contributed by atoms with Crippen LogP contribution in [-0.4, -0.2) is 15.5 Å². The maximum Gasteiger partial charge on any atom is 0.416 e. The number of thiophene rings is 1. The Kier molecular flexibility index (Phi) is 5.62. The van der Waals surface area contributed by atoms with E-state index in [-0.39, 0.29) is 24.4 Å². The molecule has 0 amide bonds. The Balaban J connectivity index is 1.65. The Morgan fingerprint density at radius 1 is 1.10 bits per heavy atom. The van der Waals surface area contributed by atoms with E-state index in [1.54, 1.807) is 35.6 Å². The fraction of sp³-hybridized carbons (Fsp3) is 0.208. The van der Waals surface area contributed by atoms with Crippen LogP contribution in [0.2, 0.25) is 0 Å². The highest BCUT2D eigenvalue weighted by molar-refractivity contribution is 7.09. The van der Waals surface area contributed by atoms with Crippen molar-refractivity contribution in [3.63, 3.8) is 0 Å². The molecule has 0 unspecified atom stereocenters. The van der Waals surface area contributed by atoms with Crippen molar-refractivity contribution in [1.29, 1.82) is 0 Å². The van der Waals surface area contributed by atoms with Crippen LogP contribution in [0.1, 0.15) is 38.5 Å². The summed E-state index contributed by atoms with van der Waals surface area (Å²) in [6, 6.07) is 14.0. The number of rotatable bonds is 6. The van der Waals surface area contributed by atoms with Crippen molar-refractivity contribution in [2.45, 2.75) is 32.5 Å². The van der Waals surface area contributed by atoms with Gasteiger partial charge in [-0.2, -0.15) is 13.2 Å². The predicted octanol–water partition coefficient (Wildman–Crippen LogP) is 6.60. The van der Waals surface area contributed by atoms with Crippen LogP contribution < -0.4 is 0 Å². The Bertz CT molecular complexity index is 1240. The summed E-state index contributed by atoms with van der Waals surface area (Å²) in [6.45, 7) is 2.47. The number of phenols is 1. The maximum atomic E-state index is 13.1. The van der Waals surface area contributed by atoms with Crippen LogP contribution in [0.4, 0.5) is 13.2 Å². The number of hydrogen-bond donors (Lipinski definition) is 1. The number of phenolic OH excluding ortho intramolecular Hbond substituents is 1. The average Bonchev–Trinajstić information content (AvgIpc) is 3.32. The molecule has 4 rings (SSSR count). The minimum absolute atomic E-state index is 0.0627. The Morgan fingerprint density at radius 2 is 1.90 bits per heavy atom. The second-order valence-corrected chi connectivity index (χ2v) is 8.48. The summed E-state index contributed by atoms with van der Waals surface area (Å²) < 4.78 is 40.9. The Morgan fingerprint density at radius 3 is 2.61 bits per heavy atom. The highest BCUT2D eigenvalue weighted by Gasteiger charge is 2.30. The second kappa shape index (κ2) is 8.23. The largest absolute Gasteiger partial charge is 0.508 e. The van der Waals surface area contributed by atoms with Gasteiger partial charge in [-0.1, -0.05) is 24.3 Å². The quantitative estimate of drug-likeness (QED) is 0.341. The molecule has 1 N–H and O–H groups in total. The Hall–Kier alpha value is -3.06. The first kappa shape index (κ1) is 21.2. The third kappa shape index (κ3) is 4.37. The van der Waals surface area contributed by atoms with E-state index in [4.69, 9.17) is 0 Å². The van der Waals surface area contributed by atoms with Gasteiger partial charge >= 0.3 is 6.18 Å². The first-order chi connectivity index (χ1) is 14.7. The van der Waals surface area contributed by atoms with Gasteiger partial charge in [0.2, 0.25) is 0 Å². The van der Waals surface area contributed by atoms with E-state index in [0.717, 1.165) is 28.2 Å². The standard InChI is InChI=1S/C24H20F3NO2S/c1-15-23(22(30)10-7-16-4-2-5-17(12-16)24(25,26)27)20-13-18(29)8-9-21(20)28(15)14-19-6-3-11-31-19/h2-6,8-9,11-13,29H,7,10,14H2,1H3. The van der Waals surface area contributed by atoms with E-state index in [1.807, 2.05) is 29.0 Å². The third-order valence-corrected chi connectivity index (χ3v) is 6.24. The van der Waals surface area contributed by atoms with Crippen molar-refractivity contribution >= 4 is 28.0 Å². The van der Waals surface area contributed by atoms with Crippen LogP contribution in [0.15, 0.2) is 60.0 Å². The van der Waals surface area contributed by atoms with Crippen molar-refractivity contribution < 1.29 is 23.1 Å². The SMILES string of the molecule is Cc1c(C(=O)CCc2cccc(C(F)(F)F)c2)c2cc(O)ccc2n1Cc1cccs1. The molecule has 3 nitrogen and oxygen atoms in total. The smallest absolute Gasteiger partial charge is 0.416 e. The number of aromatic hydroxyl groups is 1. The number of benzene rings is 2. The summed E-state index contributed by atoms with van der Waals surface area (Å²) in [7, 11) is 0. The summed E-state index contributed by atoms with van der Waals surface area (Å²) in [5.74, 6) is -0.0943. The number of hydrogen-bond acceptors (Lipinski definition) is 3. The number of alkyl halides is 3. The number of carbonyl (C=O) groups is 1. The number of Topliss-reactive ketones (excluding diaryl/α,β-unsaturated/α-hetero) is 1. The molecule has 2 heterocycles. The maximum absolute atomic E-state index is 13.1. The van der Waals surface area contributed by atoms with E-state index >= 15 is 0 Å². The monoisotopic (exact) mass is 443 g/mol. The van der Waals surface area contributed by atoms with E-state index in [0.29, 0.717) is 23.1 Å². The average molecular weight is 443 g/mol. The van der Waals surface area contributed by atoms with Crippen LogP contribution in [0, 0.1) is 6.92 Å². The Labute approximate surface area is 181 Å². The lowest BCUT2D eigenvalue weighted by atomic mass is 9.99. The molecule has 0 bridgehead atoms. The molecule has 2 aromatic carbocycles. The molecule has 4 aromatic rings. The molecule has 7 heteroatoms. The molecule has 160 valence electrons. The van der Waals surface area contributed by atoms with Crippen LogP contribution in [-0.2, 0) is 19.1 Å². The van der Waals surface area contributed by atoms with Crippen molar-refractivity contribution in [2.24, 2.45) is 0 Å². The highest BCUT2D eigenvalue weighted by Crippen LogP contribution is 2.32. The lowest BCUT2D eigenvalue weighted by Crippen LogP contribution is -2.07. The van der Waals surface area contributed by atoms with Gasteiger partial charge in [0.05, 0.1) is 12.1 Å². The van der Waals surface area contributed by atoms with Crippen LogP contribution in [0.3, 0.4) is 0 Å². The van der Waals surface area contributed by atoms with E-state index in [9.17, 15) is 23.1 Å². The number of halogens is 3. The van der Waals surface area contributed by atoms with Crippen molar-refractivity contribution in [3.05, 3.63) is 87.2 Å². The summed E-state index contributed by atoms with van der Waals surface area (Å²) in [5.41, 5.74) is 1.88. The normalized spacial score (nSPS) is 11.9. The van der Waals surface area contributed by atoms with E-state index in [1.165, 1.54) is 6.07 Å². The second-order valence-electron chi connectivity index (χ2n) is 7.45. The van der Waals surface area contributed by atoms with Crippen molar-refractivity contribution in [1.82, 2.24) is 4.57 Å². The van der Waals surface area contributed by atoms with Gasteiger partial charge < -0.3 is 9.67 Å². The molecule has 0 saturated heterocycles. The number of ketones is 1. The summed E-state index contributed by atoms with van der Waals surface area (Å²) in [6.07, 6.45) is -4.13. The highest BCUT2D eigenvalue weighted by atomic mass is 32.1. The van der Waals surface area contributed by atoms with Gasteiger partial charge in [0.1, 0.15) is 5.75 Å². The van der Waals surface area contributed by atoms with E-state index < -0.39 is 11.7 Å². The summed E-state index contributed by atoms with van der Waals surface area (Å²) in [4.78, 5) is 14.3. The van der Waals surface area contributed by atoms with Gasteiger partial charge in [0.15, 0.2) is 5.78 Å². The van der Waals surface area contributed by atoms with E-state index in [2.05, 4.69) is 0 Å². The number of fused-ring (bicyclic) bond motifs is 1. The van der Waals surface area contributed by atoms with Crippen LogP contribution in [0.5, 0.6) is 5.75 Å². The predicted molar refractivity (Wildman–Crippen MR) is 116 cm³/mol. The lowest BCUT2D eigenvalue weighted by molar-refractivity contribution is -0.137. The molecule has 31 heavy (non-hydrogen) atoms. The van der Waals surface area contributed by atoms with Crippen LogP contribution in [0.25, 0.3) is 10.9 Å². The van der Waals surface area contributed by atoms with Crippen molar-refractivity contribution in [2.75, 3.05) is 0 Å². The molecular weight excluding hydrogens is 423 g/mol. The van der Waals surface area contributed by atoms with Gasteiger partial charge in [-0.05, 0) is 54.6 Å². The zero-order valence-electron chi connectivity index (χ0n) is 16.7. The number of aromatic nitrogens is 1. The minimum atomic E-state index is -4.41. The molecule has 0 aliphatic carbocycles. The molecule has 0 aliphatic heterocycles. The third-order valence-electron chi connectivity index (χ3n) is 5.37. The molecule has 0 radical (unpaired) electrons. The zero-order chi connectivity index (χ0) is 22.2. The molecule has 0 aliphatic rings. The van der Waals surface area contributed by atoms with Gasteiger partial charge in [0.25, 0.3) is 0 Å². The fourth-order valence-electron chi connectivity index (χ4n) is 3.87. The van der Waals surface area contributed by atoms with Crippen LogP contribution >= 0.6 is 11.3 Å². The first-order valence-corrected chi connectivity index (χ1v) is 10.7. The van der Waals surface area contributed by atoms with Gasteiger partial charge in [-0.25, -0.2) is 0 Å². The topological polar surface area (TPSA) is 42.2 Å². The lowest BCUT2D eigenvalue weighted by Gasteiger charge is -2.09. The number of carbonyl (C=O) groups excluding carboxylic acids is 1. The molecule has 0 spiro atoms. The molecule has 0 saturated carbocycles. The summed E-state index contributed by atoms with van der Waals surface area (Å²) >= 11 is 1.62. The van der Waals surface area contributed by atoms with Gasteiger partial charge in [-0.15, -0.1) is 11.3 Å². The molecule has 0 atom stereocenters. The first-order valence-electron chi connectivity index (χ1n) is 9.77. The van der Waals surface area contributed by atoms with Gasteiger partial charge in [-0.3, -0.25) is 4.79 Å². The molecule has 0 fully saturated rings. The number of aryl methyl sites for hydroxylation is 1. The minimum Gasteiger partial charge on any atom is -0.508 e. The molecule has 2 aromatic heterocycles. The van der Waals surface area contributed by atoms with Crippen molar-refractivity contribution in [3.8, 4) is 5.75 Å². The number of nitrogens with zero attached hydrogens (tertiary/aromatic N) is 1. The summed E-state index contributed by atoms with van der Waals surface area (Å²) in [5, 5.41) is 12.6. The fourth-order valence-corrected chi connectivity index (χ4v) is 4.56. The van der Waals surface area contributed by atoms with Gasteiger partial charge in [0, 0.05) is 33.5 Å².